The predicted octanol–water partition coefficient (Wildman–Crippen LogP) is 4.77. The molecule has 3 atom stereocenters. The van der Waals surface area contributed by atoms with E-state index in [-0.39, 0.29) is 46.1 Å². The van der Waals surface area contributed by atoms with E-state index in [1.165, 1.54) is 10.6 Å². The molecule has 1 heterocycles. The number of hydrogen-bond acceptors (Lipinski definition) is 7. The number of anilines is 1. The molecule has 0 radical (unpaired) electrons. The molecule has 10 heteroatoms. The third kappa shape index (κ3) is 6.53. The highest BCUT2D eigenvalue weighted by Crippen LogP contribution is 2.45. The molecule has 1 saturated carbocycles. The van der Waals surface area contributed by atoms with E-state index in [1.54, 1.807) is 51.1 Å². The molecule has 1 fully saturated rings. The van der Waals surface area contributed by atoms with Crippen molar-refractivity contribution in [2.75, 3.05) is 18.1 Å². The molecule has 0 saturated heterocycles. The molecule has 1 aromatic carbocycles. The lowest BCUT2D eigenvalue weighted by molar-refractivity contribution is 0.0635. The molecular formula is C26H39N3O6S. The highest BCUT2D eigenvalue weighted by Gasteiger charge is 2.39. The van der Waals surface area contributed by atoms with Gasteiger partial charge >= 0.3 is 6.09 Å². The highest BCUT2D eigenvalue weighted by atomic mass is 32.2. The van der Waals surface area contributed by atoms with Gasteiger partial charge < -0.3 is 19.8 Å². The summed E-state index contributed by atoms with van der Waals surface area (Å²) in [6, 6.07) is 9.55. The van der Waals surface area contributed by atoms with E-state index in [9.17, 15) is 23.4 Å². The molecule has 0 bridgehead atoms. The van der Waals surface area contributed by atoms with Crippen molar-refractivity contribution in [2.24, 2.45) is 5.92 Å². The van der Waals surface area contributed by atoms with Crippen LogP contribution in [0.4, 0.5) is 10.5 Å². The second-order valence-corrected chi connectivity index (χ2v) is 12.9. The second-order valence-electron chi connectivity index (χ2n) is 10.9. The van der Waals surface area contributed by atoms with Gasteiger partial charge in [0.15, 0.2) is 15.7 Å². The number of aromatic nitrogens is 1. The molecule has 1 amide bonds. The van der Waals surface area contributed by atoms with E-state index in [2.05, 4.69) is 24.1 Å². The van der Waals surface area contributed by atoms with Gasteiger partial charge in [-0.1, -0.05) is 18.2 Å². The number of nitrogens with one attached hydrogen (secondary N) is 1. The fraction of sp³-hybridized carbons (Fsp3) is 0.577. The fourth-order valence-electron chi connectivity index (χ4n) is 4.87. The summed E-state index contributed by atoms with van der Waals surface area (Å²) in [6.45, 7) is 9.36. The Morgan fingerprint density at radius 2 is 1.83 bits per heavy atom. The van der Waals surface area contributed by atoms with E-state index in [0.717, 1.165) is 6.42 Å². The van der Waals surface area contributed by atoms with Crippen LogP contribution in [-0.2, 0) is 14.6 Å². The Hall–Kier alpha value is -2.72. The van der Waals surface area contributed by atoms with Gasteiger partial charge in [-0.15, -0.1) is 0 Å². The lowest BCUT2D eigenvalue weighted by Crippen LogP contribution is -2.44. The number of hydrogen-bond donors (Lipinski definition) is 3. The number of aromatic hydroxyl groups is 2. The first-order chi connectivity index (χ1) is 16.7. The number of carbonyl (C=O) groups excluding carboxylic acids is 1. The van der Waals surface area contributed by atoms with Crippen LogP contribution in [0.5, 0.6) is 11.8 Å². The van der Waals surface area contributed by atoms with E-state index < -0.39 is 27.6 Å². The van der Waals surface area contributed by atoms with Crippen molar-refractivity contribution in [3.8, 4) is 11.8 Å². The molecule has 200 valence electrons. The summed E-state index contributed by atoms with van der Waals surface area (Å²) in [5.74, 6) is -1.09. The van der Waals surface area contributed by atoms with Crippen molar-refractivity contribution in [3.05, 3.63) is 36.4 Å². The van der Waals surface area contributed by atoms with Crippen molar-refractivity contribution in [1.29, 1.82) is 0 Å². The average Bonchev–Trinajstić information content (AvgIpc) is 3.04. The zero-order chi connectivity index (χ0) is 26.8. The van der Waals surface area contributed by atoms with Crippen LogP contribution in [0, 0.1) is 5.92 Å². The molecule has 1 aromatic heterocycles. The molecule has 2 aromatic rings. The topological polar surface area (TPSA) is 121 Å². The maximum atomic E-state index is 13.3. The van der Waals surface area contributed by atoms with E-state index in [4.69, 9.17) is 4.74 Å². The van der Waals surface area contributed by atoms with Gasteiger partial charge in [-0.05, 0) is 79.0 Å². The monoisotopic (exact) mass is 521 g/mol. The minimum Gasteiger partial charge on any atom is -0.494 e. The fourth-order valence-corrected chi connectivity index (χ4v) is 6.56. The number of sulfone groups is 1. The SMILES string of the molecule is CC(C)N(C)[C@@H]1CC[C@H](n2c(O)cc(NC(=O)OC(C)(C)C)c2O)[C@H](CS(=O)(=O)c2ccccc2)C1. The largest absolute Gasteiger partial charge is 0.494 e. The highest BCUT2D eigenvalue weighted by molar-refractivity contribution is 7.91. The molecule has 1 aliphatic carbocycles. The van der Waals surface area contributed by atoms with Gasteiger partial charge in [0.25, 0.3) is 0 Å². The van der Waals surface area contributed by atoms with Crippen molar-refractivity contribution >= 4 is 21.6 Å². The third-order valence-corrected chi connectivity index (χ3v) is 8.65. The minimum atomic E-state index is -3.61. The lowest BCUT2D eigenvalue weighted by atomic mass is 9.81. The molecular weight excluding hydrogens is 482 g/mol. The van der Waals surface area contributed by atoms with Crippen molar-refractivity contribution in [3.63, 3.8) is 0 Å². The lowest BCUT2D eigenvalue weighted by Gasteiger charge is -2.42. The zero-order valence-electron chi connectivity index (χ0n) is 21.9. The van der Waals surface area contributed by atoms with Crippen molar-refractivity contribution in [1.82, 2.24) is 9.47 Å². The van der Waals surface area contributed by atoms with E-state index in [0.29, 0.717) is 12.8 Å². The summed E-state index contributed by atoms with van der Waals surface area (Å²) in [5.41, 5.74) is -0.727. The standard InChI is InChI=1S/C26H39N3O6S/c1-17(2)28(6)19-12-13-22(18(14-19)16-36(33,34)20-10-8-7-9-11-20)29-23(30)15-21(24(29)31)27-25(32)35-26(3,4)5/h7-11,15,17-19,22,30-31H,12-14,16H2,1-6H3,(H,27,32)/t18-,19+,22-/m0/s1. The first-order valence-corrected chi connectivity index (χ1v) is 14.0. The normalized spacial score (nSPS) is 21.1. The Morgan fingerprint density at radius 1 is 1.19 bits per heavy atom. The first-order valence-electron chi connectivity index (χ1n) is 12.3. The first kappa shape index (κ1) is 27.9. The van der Waals surface area contributed by atoms with Crippen LogP contribution in [0.15, 0.2) is 41.3 Å². The van der Waals surface area contributed by atoms with Crippen LogP contribution in [0.1, 0.15) is 59.9 Å². The molecule has 1 aliphatic rings. The molecule has 9 nitrogen and oxygen atoms in total. The zero-order valence-corrected chi connectivity index (χ0v) is 22.7. The molecule has 0 spiro atoms. The van der Waals surface area contributed by atoms with Crippen LogP contribution in [0.25, 0.3) is 0 Å². The predicted molar refractivity (Wildman–Crippen MR) is 139 cm³/mol. The number of carbonyl (C=O) groups is 1. The summed E-state index contributed by atoms with van der Waals surface area (Å²) < 4.78 is 33.2. The maximum absolute atomic E-state index is 13.3. The summed E-state index contributed by atoms with van der Waals surface area (Å²) >= 11 is 0. The van der Waals surface area contributed by atoms with E-state index in [1.807, 2.05) is 7.05 Å². The molecule has 3 N–H and O–H groups in total. The minimum absolute atomic E-state index is 0.00726. The number of nitrogens with zero attached hydrogens (tertiary/aromatic N) is 2. The number of rotatable bonds is 7. The third-order valence-electron chi connectivity index (χ3n) is 6.80. The Kier molecular flexibility index (Phi) is 8.30. The second kappa shape index (κ2) is 10.7. The Morgan fingerprint density at radius 3 is 2.42 bits per heavy atom. The van der Waals surface area contributed by atoms with Crippen LogP contribution in [0.2, 0.25) is 0 Å². The summed E-state index contributed by atoms with van der Waals surface area (Å²) in [5, 5.41) is 24.2. The number of amides is 1. The van der Waals surface area contributed by atoms with Crippen molar-refractivity contribution in [2.45, 2.75) is 82.5 Å². The van der Waals surface area contributed by atoms with Gasteiger partial charge in [-0.3, -0.25) is 9.88 Å². The Labute approximate surface area is 214 Å². The number of benzene rings is 1. The quantitative estimate of drug-likeness (QED) is 0.480. The maximum Gasteiger partial charge on any atom is 0.412 e. The van der Waals surface area contributed by atoms with E-state index >= 15 is 0 Å². The molecule has 3 rings (SSSR count). The Bertz CT molecular complexity index is 1150. The average molecular weight is 522 g/mol. The summed E-state index contributed by atoms with van der Waals surface area (Å²) in [7, 11) is -1.58. The summed E-state index contributed by atoms with van der Waals surface area (Å²) in [6.07, 6.45) is 1.14. The molecule has 0 aliphatic heterocycles. The van der Waals surface area contributed by atoms with Gasteiger partial charge in [0.05, 0.1) is 10.6 Å². The Balaban J connectivity index is 1.93. The van der Waals surface area contributed by atoms with Gasteiger partial charge in [-0.2, -0.15) is 0 Å². The van der Waals surface area contributed by atoms with Gasteiger partial charge in [-0.25, -0.2) is 13.2 Å². The van der Waals surface area contributed by atoms with Crippen LogP contribution in [-0.4, -0.2) is 64.7 Å². The number of ether oxygens (including phenoxy) is 1. The van der Waals surface area contributed by atoms with Crippen molar-refractivity contribution < 1.29 is 28.2 Å². The van der Waals surface area contributed by atoms with Crippen LogP contribution >= 0.6 is 0 Å². The van der Waals surface area contributed by atoms with Gasteiger partial charge in [0.2, 0.25) is 5.88 Å². The molecule has 36 heavy (non-hydrogen) atoms. The van der Waals surface area contributed by atoms with Gasteiger partial charge in [0.1, 0.15) is 11.3 Å². The molecule has 0 unspecified atom stereocenters. The van der Waals surface area contributed by atoms with Crippen LogP contribution < -0.4 is 5.32 Å². The smallest absolute Gasteiger partial charge is 0.412 e. The van der Waals surface area contributed by atoms with Crippen LogP contribution in [0.3, 0.4) is 0 Å². The summed E-state index contributed by atoms with van der Waals surface area (Å²) in [4.78, 5) is 14.7. The van der Waals surface area contributed by atoms with Gasteiger partial charge in [0, 0.05) is 24.2 Å².